The molecule has 0 aromatic carbocycles. The zero-order chi connectivity index (χ0) is 15.8. The average molecular weight is 322 g/mol. The maximum absolute atomic E-state index is 10.2. The first-order valence-corrected chi connectivity index (χ1v) is 9.04. The molecule has 1 atom stereocenters. The summed E-state index contributed by atoms with van der Waals surface area (Å²) in [6, 6.07) is 0. The van der Waals surface area contributed by atoms with Crippen molar-refractivity contribution in [2.24, 2.45) is 0 Å². The molecular weight excluding hydrogens is 287 g/mol. The molecule has 0 radical (unpaired) electrons. The SMILES string of the molecule is CCCCCCCC(O)CCCCCCCCCC(=O)[O-].[Na+]. The Bertz CT molecular complexity index is 234. The molecule has 0 aliphatic carbocycles. The van der Waals surface area contributed by atoms with Crippen molar-refractivity contribution in [2.75, 3.05) is 0 Å². The molecule has 0 amide bonds. The van der Waals surface area contributed by atoms with Crippen molar-refractivity contribution >= 4 is 5.97 Å². The second-order valence-electron chi connectivity index (χ2n) is 6.24. The van der Waals surface area contributed by atoms with Gasteiger partial charge in [0.2, 0.25) is 0 Å². The minimum atomic E-state index is -0.932. The molecule has 0 aromatic heterocycles. The maximum atomic E-state index is 10.2. The Morgan fingerprint density at radius 3 is 1.68 bits per heavy atom. The number of rotatable bonds is 16. The maximum Gasteiger partial charge on any atom is 1.00 e. The summed E-state index contributed by atoms with van der Waals surface area (Å²) in [5, 5.41) is 20.1. The summed E-state index contributed by atoms with van der Waals surface area (Å²) in [4.78, 5) is 10.2. The predicted molar refractivity (Wildman–Crippen MR) is 85.9 cm³/mol. The second-order valence-corrected chi connectivity index (χ2v) is 6.24. The molecule has 126 valence electrons. The average Bonchev–Trinajstić information content (AvgIpc) is 2.45. The number of carboxylic acid groups (broad SMARTS) is 1. The fraction of sp³-hybridized carbons (Fsp3) is 0.944. The monoisotopic (exact) mass is 322 g/mol. The van der Waals surface area contributed by atoms with E-state index in [-0.39, 0.29) is 42.1 Å². The third-order valence-electron chi connectivity index (χ3n) is 4.06. The topological polar surface area (TPSA) is 60.4 Å². The minimum Gasteiger partial charge on any atom is -0.550 e. The van der Waals surface area contributed by atoms with E-state index in [1.165, 1.54) is 51.4 Å². The smallest absolute Gasteiger partial charge is 0.550 e. The van der Waals surface area contributed by atoms with Crippen LogP contribution in [0.3, 0.4) is 0 Å². The molecule has 0 rings (SSSR count). The van der Waals surface area contributed by atoms with Gasteiger partial charge >= 0.3 is 29.6 Å². The van der Waals surface area contributed by atoms with Gasteiger partial charge in [0, 0.05) is 5.97 Å². The third-order valence-corrected chi connectivity index (χ3v) is 4.06. The van der Waals surface area contributed by atoms with Crippen molar-refractivity contribution in [1.29, 1.82) is 0 Å². The number of carbonyl (C=O) groups excluding carboxylic acids is 1. The summed E-state index contributed by atoms with van der Waals surface area (Å²) in [6.45, 7) is 2.22. The van der Waals surface area contributed by atoms with Crippen LogP contribution in [0.1, 0.15) is 103 Å². The second kappa shape index (κ2) is 19.5. The van der Waals surface area contributed by atoms with Gasteiger partial charge in [-0.1, -0.05) is 77.6 Å². The molecular formula is C18H35NaO3. The first-order chi connectivity index (χ1) is 10.2. The Kier molecular flexibility index (Phi) is 21.8. The van der Waals surface area contributed by atoms with E-state index in [2.05, 4.69) is 6.92 Å². The van der Waals surface area contributed by atoms with Crippen LogP contribution in [0.25, 0.3) is 0 Å². The van der Waals surface area contributed by atoms with Crippen LogP contribution in [-0.2, 0) is 4.79 Å². The third kappa shape index (κ3) is 20.4. The van der Waals surface area contributed by atoms with E-state index in [4.69, 9.17) is 0 Å². The van der Waals surface area contributed by atoms with Gasteiger partial charge in [0.25, 0.3) is 0 Å². The molecule has 1 N–H and O–H groups in total. The van der Waals surface area contributed by atoms with Gasteiger partial charge in [-0.15, -0.1) is 0 Å². The summed E-state index contributed by atoms with van der Waals surface area (Å²) in [5.74, 6) is -0.932. The van der Waals surface area contributed by atoms with Crippen LogP contribution in [0.2, 0.25) is 0 Å². The molecule has 0 saturated heterocycles. The zero-order valence-electron chi connectivity index (χ0n) is 14.9. The van der Waals surface area contributed by atoms with E-state index in [0.717, 1.165) is 38.5 Å². The van der Waals surface area contributed by atoms with Gasteiger partial charge < -0.3 is 15.0 Å². The molecule has 0 fully saturated rings. The summed E-state index contributed by atoms with van der Waals surface area (Å²) in [6.07, 6.45) is 15.9. The molecule has 0 heterocycles. The molecule has 1 unspecified atom stereocenters. The fourth-order valence-electron chi connectivity index (χ4n) is 2.66. The molecule has 0 spiro atoms. The van der Waals surface area contributed by atoms with Gasteiger partial charge in [0.05, 0.1) is 6.10 Å². The summed E-state index contributed by atoms with van der Waals surface area (Å²) >= 11 is 0. The Labute approximate surface area is 159 Å². The molecule has 0 aliphatic rings. The number of hydrogen-bond donors (Lipinski definition) is 1. The number of carboxylic acids is 1. The molecule has 0 bridgehead atoms. The van der Waals surface area contributed by atoms with Crippen molar-refractivity contribution in [3.05, 3.63) is 0 Å². The Hall–Kier alpha value is 0.430. The van der Waals surface area contributed by atoms with Crippen LogP contribution in [0.4, 0.5) is 0 Å². The van der Waals surface area contributed by atoms with Crippen LogP contribution >= 0.6 is 0 Å². The van der Waals surface area contributed by atoms with Gasteiger partial charge in [-0.25, -0.2) is 0 Å². The van der Waals surface area contributed by atoms with Crippen LogP contribution in [0, 0.1) is 0 Å². The van der Waals surface area contributed by atoms with E-state index in [1.54, 1.807) is 0 Å². The number of aliphatic hydroxyl groups excluding tert-OH is 1. The summed E-state index contributed by atoms with van der Waals surface area (Å²) in [5.41, 5.74) is 0. The standard InChI is InChI=1S/C18H36O3.Na/c1-2-3-4-8-11-14-17(19)15-12-9-6-5-7-10-13-16-18(20)21;/h17,19H,2-16H2,1H3,(H,20,21);/q;+1/p-1. The predicted octanol–water partition coefficient (Wildman–Crippen LogP) is 0.973. The fourth-order valence-corrected chi connectivity index (χ4v) is 2.66. The van der Waals surface area contributed by atoms with Crippen molar-refractivity contribution in [3.63, 3.8) is 0 Å². The Balaban J connectivity index is 0. The van der Waals surface area contributed by atoms with Crippen LogP contribution in [-0.4, -0.2) is 17.2 Å². The molecule has 22 heavy (non-hydrogen) atoms. The van der Waals surface area contributed by atoms with E-state index < -0.39 is 5.97 Å². The molecule has 3 nitrogen and oxygen atoms in total. The van der Waals surface area contributed by atoms with Crippen molar-refractivity contribution in [1.82, 2.24) is 0 Å². The largest absolute Gasteiger partial charge is 1.00 e. The van der Waals surface area contributed by atoms with Crippen LogP contribution in [0.15, 0.2) is 0 Å². The van der Waals surface area contributed by atoms with Gasteiger partial charge in [-0.2, -0.15) is 0 Å². The van der Waals surface area contributed by atoms with Gasteiger partial charge in [-0.3, -0.25) is 0 Å². The van der Waals surface area contributed by atoms with E-state index in [1.807, 2.05) is 0 Å². The quantitative estimate of drug-likeness (QED) is 0.340. The zero-order valence-corrected chi connectivity index (χ0v) is 16.9. The Morgan fingerprint density at radius 2 is 1.23 bits per heavy atom. The molecule has 0 aromatic rings. The van der Waals surface area contributed by atoms with Crippen molar-refractivity contribution in [3.8, 4) is 0 Å². The van der Waals surface area contributed by atoms with Crippen molar-refractivity contribution < 1.29 is 44.6 Å². The molecule has 0 aliphatic heterocycles. The first-order valence-electron chi connectivity index (χ1n) is 9.04. The van der Waals surface area contributed by atoms with E-state index >= 15 is 0 Å². The minimum absolute atomic E-state index is 0. The number of unbranched alkanes of at least 4 members (excludes halogenated alkanes) is 10. The van der Waals surface area contributed by atoms with Gasteiger partial charge in [0.1, 0.15) is 0 Å². The number of carbonyl (C=O) groups is 1. The van der Waals surface area contributed by atoms with Crippen LogP contribution in [0.5, 0.6) is 0 Å². The van der Waals surface area contributed by atoms with Crippen molar-refractivity contribution in [2.45, 2.75) is 109 Å². The first kappa shape index (κ1) is 24.7. The summed E-state index contributed by atoms with van der Waals surface area (Å²) in [7, 11) is 0. The molecule has 0 saturated carbocycles. The van der Waals surface area contributed by atoms with Gasteiger partial charge in [-0.05, 0) is 25.7 Å². The normalized spacial score (nSPS) is 11.9. The van der Waals surface area contributed by atoms with E-state index in [9.17, 15) is 15.0 Å². The van der Waals surface area contributed by atoms with Crippen LogP contribution < -0.4 is 34.7 Å². The Morgan fingerprint density at radius 1 is 0.818 bits per heavy atom. The van der Waals surface area contributed by atoms with Gasteiger partial charge in [0.15, 0.2) is 0 Å². The number of aliphatic carboxylic acids is 1. The molecule has 4 heteroatoms. The number of hydrogen-bond acceptors (Lipinski definition) is 3. The van der Waals surface area contributed by atoms with E-state index in [0.29, 0.717) is 0 Å². The summed E-state index contributed by atoms with van der Waals surface area (Å²) < 4.78 is 0. The number of aliphatic hydroxyl groups is 1.